The van der Waals surface area contributed by atoms with E-state index in [0.29, 0.717) is 30.2 Å². The molecule has 0 radical (unpaired) electrons. The van der Waals surface area contributed by atoms with Gasteiger partial charge in [-0.15, -0.1) is 0 Å². The maximum Gasteiger partial charge on any atom is 0.257 e. The average molecular weight is 494 g/mol. The van der Waals surface area contributed by atoms with E-state index >= 15 is 0 Å². The summed E-state index contributed by atoms with van der Waals surface area (Å²) in [5.74, 6) is 0.739. The number of nitrogens with zero attached hydrogens (tertiary/aromatic N) is 2. The molecule has 36 heavy (non-hydrogen) atoms. The van der Waals surface area contributed by atoms with Crippen molar-refractivity contribution in [1.29, 1.82) is 0 Å². The number of hydrogen-bond donors (Lipinski definition) is 1. The van der Waals surface area contributed by atoms with E-state index in [4.69, 9.17) is 9.47 Å². The number of anilines is 1. The van der Waals surface area contributed by atoms with Gasteiger partial charge in [0.15, 0.2) is 0 Å². The first-order valence-corrected chi connectivity index (χ1v) is 13.0. The van der Waals surface area contributed by atoms with E-state index in [-0.39, 0.29) is 35.8 Å². The Morgan fingerprint density at radius 1 is 1.11 bits per heavy atom. The van der Waals surface area contributed by atoms with Crippen molar-refractivity contribution >= 4 is 17.5 Å². The Kier molecular flexibility index (Phi) is 8.64. The van der Waals surface area contributed by atoms with E-state index in [1.807, 2.05) is 6.07 Å². The fraction of sp³-hybridized carbons (Fsp3) is 0.517. The van der Waals surface area contributed by atoms with Crippen LogP contribution < -0.4 is 10.1 Å². The lowest BCUT2D eigenvalue weighted by molar-refractivity contribution is -0.117. The van der Waals surface area contributed by atoms with Crippen molar-refractivity contribution in [1.82, 2.24) is 9.80 Å². The van der Waals surface area contributed by atoms with Crippen LogP contribution in [0.15, 0.2) is 48.5 Å². The summed E-state index contributed by atoms with van der Waals surface area (Å²) in [6, 6.07) is 16.0. The van der Waals surface area contributed by atoms with Crippen LogP contribution in [-0.4, -0.2) is 74.2 Å². The normalized spacial score (nSPS) is 23.7. The monoisotopic (exact) mass is 493 g/mol. The predicted octanol–water partition coefficient (Wildman–Crippen LogP) is 4.08. The second kappa shape index (κ2) is 11.9. The molecule has 4 rings (SSSR count). The summed E-state index contributed by atoms with van der Waals surface area (Å²) in [7, 11) is 3.52. The molecule has 2 aliphatic rings. The summed E-state index contributed by atoms with van der Waals surface area (Å²) in [6.45, 7) is 7.00. The molecule has 1 aliphatic carbocycles. The number of rotatable bonds is 6. The van der Waals surface area contributed by atoms with Gasteiger partial charge in [0.1, 0.15) is 12.4 Å². The molecule has 2 amide bonds. The number of methoxy groups -OCH3 is 1. The number of hydrogen-bond acceptors (Lipinski definition) is 5. The molecule has 1 aliphatic heterocycles. The molecule has 7 nitrogen and oxygen atoms in total. The van der Waals surface area contributed by atoms with Crippen molar-refractivity contribution in [2.45, 2.75) is 45.3 Å². The zero-order chi connectivity index (χ0) is 25.7. The molecule has 1 fully saturated rings. The number of carbonyl (C=O) groups is 2. The van der Waals surface area contributed by atoms with Crippen molar-refractivity contribution in [2.75, 3.05) is 45.7 Å². The molecule has 0 unspecified atom stereocenters. The minimum Gasteiger partial charge on any atom is -0.491 e. The summed E-state index contributed by atoms with van der Waals surface area (Å²) in [5.41, 5.74) is 2.46. The van der Waals surface area contributed by atoms with Gasteiger partial charge >= 0.3 is 0 Å². The van der Waals surface area contributed by atoms with Crippen LogP contribution in [0, 0.1) is 11.8 Å². The Hall–Kier alpha value is -2.90. The second-order valence-electron chi connectivity index (χ2n) is 10.3. The van der Waals surface area contributed by atoms with E-state index in [9.17, 15) is 9.59 Å². The fourth-order valence-corrected chi connectivity index (χ4v) is 4.74. The Balaban J connectivity index is 1.58. The molecule has 3 atom stereocenters. The molecule has 1 saturated carbocycles. The van der Waals surface area contributed by atoms with Crippen molar-refractivity contribution in [3.8, 4) is 5.75 Å². The van der Waals surface area contributed by atoms with Crippen LogP contribution in [0.5, 0.6) is 5.75 Å². The lowest BCUT2D eigenvalue weighted by Gasteiger charge is -2.36. The lowest BCUT2D eigenvalue weighted by atomic mass is 10.0. The van der Waals surface area contributed by atoms with E-state index < -0.39 is 0 Å². The Morgan fingerprint density at radius 3 is 2.56 bits per heavy atom. The molecule has 1 heterocycles. The van der Waals surface area contributed by atoms with Crippen LogP contribution in [0.3, 0.4) is 0 Å². The predicted molar refractivity (Wildman–Crippen MR) is 141 cm³/mol. The largest absolute Gasteiger partial charge is 0.491 e. The first-order chi connectivity index (χ1) is 17.4. The molecular weight excluding hydrogens is 454 g/mol. The topological polar surface area (TPSA) is 71.1 Å². The molecule has 0 spiro atoms. The number of benzene rings is 2. The van der Waals surface area contributed by atoms with Gasteiger partial charge in [0.25, 0.3) is 5.91 Å². The van der Waals surface area contributed by atoms with Gasteiger partial charge < -0.3 is 19.7 Å². The maximum absolute atomic E-state index is 13.4. The molecule has 2 aromatic carbocycles. The van der Waals surface area contributed by atoms with Crippen molar-refractivity contribution in [3.63, 3.8) is 0 Å². The molecule has 194 valence electrons. The number of carbonyl (C=O) groups excluding carboxylic acids is 2. The third-order valence-electron chi connectivity index (χ3n) is 7.32. The zero-order valence-corrected chi connectivity index (χ0v) is 21.9. The summed E-state index contributed by atoms with van der Waals surface area (Å²) in [5, 5.41) is 2.97. The third-order valence-corrected chi connectivity index (χ3v) is 7.32. The SMILES string of the molecule is CO[C@H]1CN(C)C(=O)c2ccc(NC(=O)C3CC3)cc2OC[C@@H](C)N(CCc2ccccc2)C[C@H]1C. The van der Waals surface area contributed by atoms with Crippen LogP contribution in [0.25, 0.3) is 0 Å². The molecule has 0 saturated heterocycles. The fourth-order valence-electron chi connectivity index (χ4n) is 4.74. The highest BCUT2D eigenvalue weighted by molar-refractivity contribution is 5.99. The van der Waals surface area contributed by atoms with Crippen molar-refractivity contribution < 1.29 is 19.1 Å². The van der Waals surface area contributed by atoms with Crippen LogP contribution in [0.2, 0.25) is 0 Å². The first-order valence-electron chi connectivity index (χ1n) is 13.0. The zero-order valence-electron chi connectivity index (χ0n) is 21.9. The number of fused-ring (bicyclic) bond motifs is 1. The summed E-state index contributed by atoms with van der Waals surface area (Å²) >= 11 is 0. The van der Waals surface area contributed by atoms with Gasteiger partial charge in [0.2, 0.25) is 5.91 Å². The van der Waals surface area contributed by atoms with Crippen LogP contribution in [0.4, 0.5) is 5.69 Å². The van der Waals surface area contributed by atoms with Crippen LogP contribution in [-0.2, 0) is 16.0 Å². The van der Waals surface area contributed by atoms with E-state index in [1.165, 1.54) is 5.56 Å². The van der Waals surface area contributed by atoms with Gasteiger partial charge in [0.05, 0.1) is 11.7 Å². The molecule has 0 bridgehead atoms. The summed E-state index contributed by atoms with van der Waals surface area (Å²) in [4.78, 5) is 29.8. The Labute approximate surface area is 214 Å². The number of likely N-dealkylation sites (N-methyl/N-ethyl adjacent to an activating group) is 1. The van der Waals surface area contributed by atoms with Gasteiger partial charge in [0, 0.05) is 57.5 Å². The van der Waals surface area contributed by atoms with Gasteiger partial charge in [-0.25, -0.2) is 0 Å². The summed E-state index contributed by atoms with van der Waals surface area (Å²) in [6.07, 6.45) is 2.73. The van der Waals surface area contributed by atoms with Gasteiger partial charge in [-0.2, -0.15) is 0 Å². The molecule has 0 aromatic heterocycles. The molecule has 7 heteroatoms. The van der Waals surface area contributed by atoms with Crippen LogP contribution >= 0.6 is 0 Å². The van der Waals surface area contributed by atoms with Crippen LogP contribution in [0.1, 0.15) is 42.6 Å². The Bertz CT molecular complexity index is 1040. The maximum atomic E-state index is 13.4. The minimum absolute atomic E-state index is 0.0314. The Morgan fingerprint density at radius 2 is 1.86 bits per heavy atom. The quantitative estimate of drug-likeness (QED) is 0.657. The standard InChI is InChI=1S/C29H39N3O4/c1-20-17-32(15-14-22-8-6-5-7-9-22)21(2)19-36-26-16-24(30-28(33)23-10-11-23)12-13-25(26)29(34)31(3)18-27(20)35-4/h5-9,12-13,16,20-21,23,27H,10-11,14-15,17-19H2,1-4H3,(H,30,33)/t20-,21-,27+/m1/s1. The minimum atomic E-state index is -0.117. The molecular formula is C29H39N3O4. The van der Waals surface area contributed by atoms with Gasteiger partial charge in [-0.05, 0) is 49.8 Å². The lowest BCUT2D eigenvalue weighted by Crippen LogP contribution is -2.47. The summed E-state index contributed by atoms with van der Waals surface area (Å²) < 4.78 is 12.1. The number of amides is 2. The highest BCUT2D eigenvalue weighted by Crippen LogP contribution is 2.32. The molecule has 1 N–H and O–H groups in total. The highest BCUT2D eigenvalue weighted by atomic mass is 16.5. The number of ether oxygens (including phenoxy) is 2. The second-order valence-corrected chi connectivity index (χ2v) is 10.3. The van der Waals surface area contributed by atoms with Crippen molar-refractivity contribution in [3.05, 3.63) is 59.7 Å². The van der Waals surface area contributed by atoms with E-state index in [0.717, 1.165) is 32.4 Å². The average Bonchev–Trinajstić information content (AvgIpc) is 3.73. The van der Waals surface area contributed by atoms with Gasteiger partial charge in [-0.3, -0.25) is 14.5 Å². The van der Waals surface area contributed by atoms with E-state index in [1.54, 1.807) is 37.3 Å². The number of nitrogens with one attached hydrogen (secondary N) is 1. The van der Waals surface area contributed by atoms with Gasteiger partial charge in [-0.1, -0.05) is 37.3 Å². The highest BCUT2D eigenvalue weighted by Gasteiger charge is 2.31. The smallest absolute Gasteiger partial charge is 0.257 e. The third kappa shape index (κ3) is 6.65. The van der Waals surface area contributed by atoms with Crippen molar-refractivity contribution in [2.24, 2.45) is 11.8 Å². The molecule has 2 aromatic rings. The van der Waals surface area contributed by atoms with E-state index in [2.05, 4.69) is 48.3 Å². The first kappa shape index (κ1) is 26.2.